The quantitative estimate of drug-likeness (QED) is 0.551. The van der Waals surface area contributed by atoms with Crippen molar-refractivity contribution in [3.8, 4) is 0 Å². The molecule has 0 spiro atoms. The molecule has 0 radical (unpaired) electrons. The summed E-state index contributed by atoms with van der Waals surface area (Å²) in [6.45, 7) is 10.4. The predicted molar refractivity (Wildman–Crippen MR) is 65.7 cm³/mol. The van der Waals surface area contributed by atoms with Gasteiger partial charge in [-0.15, -0.1) is 0 Å². The normalized spacial score (nSPS) is 12.0. The van der Waals surface area contributed by atoms with Gasteiger partial charge in [-0.1, -0.05) is 46.0 Å². The van der Waals surface area contributed by atoms with Gasteiger partial charge < -0.3 is 5.32 Å². The summed E-state index contributed by atoms with van der Waals surface area (Å²) in [5.74, 6) is 0. The van der Waals surface area contributed by atoms with Gasteiger partial charge in [-0.2, -0.15) is 0 Å². The molecule has 0 saturated carbocycles. The Morgan fingerprint density at radius 1 is 0.857 bits per heavy atom. The Kier molecular flexibility index (Phi) is 8.26. The fourth-order valence-electron chi connectivity index (χ4n) is 1.69. The van der Waals surface area contributed by atoms with Gasteiger partial charge in [0.25, 0.3) is 0 Å². The molecular formula is C13H29N. The van der Waals surface area contributed by atoms with E-state index in [1.54, 1.807) is 0 Å². The Morgan fingerprint density at radius 2 is 1.50 bits per heavy atom. The van der Waals surface area contributed by atoms with Crippen LogP contribution in [0.4, 0.5) is 0 Å². The highest BCUT2D eigenvalue weighted by molar-refractivity contribution is 4.76. The van der Waals surface area contributed by atoms with Gasteiger partial charge in [0.15, 0.2) is 0 Å². The number of nitrogens with one attached hydrogen (secondary N) is 1. The molecule has 1 N–H and O–H groups in total. The van der Waals surface area contributed by atoms with Crippen molar-refractivity contribution in [3.63, 3.8) is 0 Å². The van der Waals surface area contributed by atoms with Crippen molar-refractivity contribution in [1.29, 1.82) is 0 Å². The molecule has 1 heteroatoms. The van der Waals surface area contributed by atoms with E-state index in [2.05, 4.69) is 33.0 Å². The molecule has 0 amide bonds. The van der Waals surface area contributed by atoms with E-state index >= 15 is 0 Å². The first-order valence-corrected chi connectivity index (χ1v) is 6.37. The molecule has 0 saturated heterocycles. The van der Waals surface area contributed by atoms with E-state index in [1.807, 2.05) is 0 Å². The average Bonchev–Trinajstić information content (AvgIpc) is 2.15. The topological polar surface area (TPSA) is 12.0 Å². The molecule has 0 atom stereocenters. The number of rotatable bonds is 9. The van der Waals surface area contributed by atoms with Crippen LogP contribution in [0.3, 0.4) is 0 Å². The van der Waals surface area contributed by atoms with Crippen LogP contribution < -0.4 is 5.32 Å². The maximum atomic E-state index is 3.65. The average molecular weight is 199 g/mol. The minimum absolute atomic E-state index is 0.349. The van der Waals surface area contributed by atoms with Crippen LogP contribution >= 0.6 is 0 Å². The van der Waals surface area contributed by atoms with Gasteiger partial charge in [-0.05, 0) is 33.2 Å². The maximum Gasteiger partial charge on any atom is 0.0125 e. The summed E-state index contributed by atoms with van der Waals surface area (Å²) in [7, 11) is 0. The Balaban J connectivity index is 3.35. The van der Waals surface area contributed by atoms with E-state index in [0.717, 1.165) is 0 Å². The number of hydrogen-bond donors (Lipinski definition) is 1. The summed E-state index contributed by atoms with van der Waals surface area (Å²) in [5.41, 5.74) is 0.349. The monoisotopic (exact) mass is 199 g/mol. The molecule has 0 aromatic rings. The van der Waals surface area contributed by atoms with Crippen LogP contribution in [0.5, 0.6) is 0 Å². The smallest absolute Gasteiger partial charge is 0.0125 e. The first-order chi connectivity index (χ1) is 6.62. The molecule has 0 heterocycles. The van der Waals surface area contributed by atoms with Crippen LogP contribution in [0.25, 0.3) is 0 Å². The fourth-order valence-corrected chi connectivity index (χ4v) is 1.69. The van der Waals surface area contributed by atoms with Crippen LogP contribution in [0.15, 0.2) is 0 Å². The lowest BCUT2D eigenvalue weighted by Crippen LogP contribution is -2.39. The molecule has 0 rings (SSSR count). The summed E-state index contributed by atoms with van der Waals surface area (Å²) >= 11 is 0. The minimum atomic E-state index is 0.349. The van der Waals surface area contributed by atoms with Gasteiger partial charge in [-0.25, -0.2) is 0 Å². The van der Waals surface area contributed by atoms with Gasteiger partial charge in [0.05, 0.1) is 0 Å². The van der Waals surface area contributed by atoms with Crippen molar-refractivity contribution < 1.29 is 0 Å². The molecule has 0 aliphatic rings. The van der Waals surface area contributed by atoms with Crippen LogP contribution in [0.2, 0.25) is 0 Å². The van der Waals surface area contributed by atoms with Crippen molar-refractivity contribution in [2.45, 2.75) is 78.2 Å². The summed E-state index contributed by atoms with van der Waals surface area (Å²) in [6, 6.07) is 0. The summed E-state index contributed by atoms with van der Waals surface area (Å²) in [6.07, 6.45) is 9.39. The second-order valence-corrected chi connectivity index (χ2v) is 4.97. The van der Waals surface area contributed by atoms with Crippen molar-refractivity contribution in [3.05, 3.63) is 0 Å². The fraction of sp³-hybridized carbons (Fsp3) is 1.00. The van der Waals surface area contributed by atoms with Gasteiger partial charge >= 0.3 is 0 Å². The highest BCUT2D eigenvalue weighted by atomic mass is 14.9. The van der Waals surface area contributed by atoms with Gasteiger partial charge in [0.2, 0.25) is 0 Å². The van der Waals surface area contributed by atoms with E-state index in [4.69, 9.17) is 0 Å². The van der Waals surface area contributed by atoms with Crippen molar-refractivity contribution in [1.82, 2.24) is 5.32 Å². The van der Waals surface area contributed by atoms with Crippen LogP contribution in [0.1, 0.15) is 72.6 Å². The lowest BCUT2D eigenvalue weighted by atomic mass is 9.97. The molecule has 0 aromatic heterocycles. The molecular weight excluding hydrogens is 170 g/mol. The van der Waals surface area contributed by atoms with E-state index in [0.29, 0.717) is 5.54 Å². The molecule has 0 aliphatic heterocycles. The first kappa shape index (κ1) is 14.0. The highest BCUT2D eigenvalue weighted by Gasteiger charge is 2.14. The minimum Gasteiger partial charge on any atom is -0.312 e. The second-order valence-electron chi connectivity index (χ2n) is 4.97. The summed E-state index contributed by atoms with van der Waals surface area (Å²) in [4.78, 5) is 0. The van der Waals surface area contributed by atoms with Crippen molar-refractivity contribution in [2.24, 2.45) is 0 Å². The Labute approximate surface area is 90.7 Å². The molecule has 1 nitrogen and oxygen atoms in total. The zero-order valence-corrected chi connectivity index (χ0v) is 10.7. The van der Waals surface area contributed by atoms with E-state index in [1.165, 1.54) is 51.5 Å². The molecule has 86 valence electrons. The van der Waals surface area contributed by atoms with Gasteiger partial charge in [-0.3, -0.25) is 0 Å². The standard InChI is InChI=1S/C13H29N/c1-5-7-9-10-12-14-13(3,4)11-8-6-2/h14H,5-12H2,1-4H3. The lowest BCUT2D eigenvalue weighted by molar-refractivity contribution is 0.348. The van der Waals surface area contributed by atoms with Crippen LogP contribution in [0, 0.1) is 0 Å². The molecule has 0 aromatic carbocycles. The largest absolute Gasteiger partial charge is 0.312 e. The third-order valence-electron chi connectivity index (χ3n) is 2.79. The zero-order chi connectivity index (χ0) is 10.9. The molecule has 0 aliphatic carbocycles. The lowest BCUT2D eigenvalue weighted by Gasteiger charge is -2.26. The summed E-state index contributed by atoms with van der Waals surface area (Å²) in [5, 5.41) is 3.65. The maximum absolute atomic E-state index is 3.65. The second kappa shape index (κ2) is 8.28. The Morgan fingerprint density at radius 3 is 2.07 bits per heavy atom. The summed E-state index contributed by atoms with van der Waals surface area (Å²) < 4.78 is 0. The van der Waals surface area contributed by atoms with E-state index in [9.17, 15) is 0 Å². The van der Waals surface area contributed by atoms with E-state index < -0.39 is 0 Å². The first-order valence-electron chi connectivity index (χ1n) is 6.37. The molecule has 0 bridgehead atoms. The number of unbranched alkanes of at least 4 members (excludes halogenated alkanes) is 4. The third-order valence-corrected chi connectivity index (χ3v) is 2.79. The van der Waals surface area contributed by atoms with Crippen molar-refractivity contribution in [2.75, 3.05) is 6.54 Å². The number of hydrogen-bond acceptors (Lipinski definition) is 1. The van der Waals surface area contributed by atoms with Gasteiger partial charge in [0.1, 0.15) is 0 Å². The molecule has 0 fully saturated rings. The van der Waals surface area contributed by atoms with Crippen LogP contribution in [-0.4, -0.2) is 12.1 Å². The molecule has 14 heavy (non-hydrogen) atoms. The zero-order valence-electron chi connectivity index (χ0n) is 10.7. The predicted octanol–water partition coefficient (Wildman–Crippen LogP) is 4.13. The highest BCUT2D eigenvalue weighted by Crippen LogP contribution is 2.12. The van der Waals surface area contributed by atoms with Gasteiger partial charge in [0, 0.05) is 5.54 Å². The third kappa shape index (κ3) is 8.55. The Hall–Kier alpha value is -0.0400. The molecule has 0 unspecified atom stereocenters. The van der Waals surface area contributed by atoms with E-state index in [-0.39, 0.29) is 0 Å². The SMILES string of the molecule is CCCCCCNC(C)(C)CCCC. The van der Waals surface area contributed by atoms with Crippen molar-refractivity contribution >= 4 is 0 Å². The Bertz CT molecular complexity index is 118. The van der Waals surface area contributed by atoms with Crippen LogP contribution in [-0.2, 0) is 0 Å².